The van der Waals surface area contributed by atoms with E-state index < -0.39 is 42.4 Å². The smallest absolute Gasteiger partial charge is 0.218 e. The predicted molar refractivity (Wildman–Crippen MR) is 49.9 cm³/mol. The number of carbonyl (C=O) groups is 4. The van der Waals surface area contributed by atoms with Crippen molar-refractivity contribution < 1.29 is 19.2 Å². The minimum absolute atomic E-state index is 0.327. The molecule has 0 saturated heterocycles. The molecule has 0 fully saturated rings. The first-order valence-electron chi connectivity index (χ1n) is 4.12. The molecule has 0 aliphatic rings. The lowest BCUT2D eigenvalue weighted by Gasteiger charge is -2.23. The van der Waals surface area contributed by atoms with Crippen LogP contribution in [0.15, 0.2) is 0 Å². The van der Waals surface area contributed by atoms with Gasteiger partial charge in [0.05, 0.1) is 5.41 Å². The van der Waals surface area contributed by atoms with Crippen LogP contribution >= 0.6 is 0 Å². The minimum Gasteiger partial charge on any atom is -0.370 e. The van der Waals surface area contributed by atoms with Gasteiger partial charge in [0, 0.05) is 19.3 Å². The van der Waals surface area contributed by atoms with Gasteiger partial charge in [0.1, 0.15) is 6.29 Å². The normalized spacial score (nSPS) is 10.7. The number of amides is 3. The number of rotatable bonds is 7. The Labute approximate surface area is 86.0 Å². The summed E-state index contributed by atoms with van der Waals surface area (Å²) in [4.78, 5) is 42.9. The number of aldehydes is 1. The van der Waals surface area contributed by atoms with Crippen LogP contribution in [0.1, 0.15) is 19.3 Å². The Morgan fingerprint density at radius 3 is 1.27 bits per heavy atom. The van der Waals surface area contributed by atoms with Gasteiger partial charge in [-0.1, -0.05) is 0 Å². The molecule has 0 bridgehead atoms. The highest BCUT2D eigenvalue weighted by molar-refractivity contribution is 5.88. The van der Waals surface area contributed by atoms with Gasteiger partial charge in [-0.25, -0.2) is 0 Å². The zero-order valence-corrected chi connectivity index (χ0v) is 8.06. The molecule has 0 atom stereocenters. The second-order valence-electron chi connectivity index (χ2n) is 3.41. The van der Waals surface area contributed by atoms with Crippen LogP contribution in [0.25, 0.3) is 0 Å². The summed E-state index contributed by atoms with van der Waals surface area (Å²) in [5.74, 6) is -2.40. The maximum absolute atomic E-state index is 10.8. The molecular formula is C8H13N3O4. The third kappa shape index (κ3) is 4.75. The van der Waals surface area contributed by atoms with E-state index in [9.17, 15) is 19.2 Å². The fraction of sp³-hybridized carbons (Fsp3) is 0.500. The lowest BCUT2D eigenvalue weighted by molar-refractivity contribution is -0.133. The van der Waals surface area contributed by atoms with Crippen molar-refractivity contribution >= 4 is 24.0 Å². The third-order valence-electron chi connectivity index (χ3n) is 1.83. The quantitative estimate of drug-likeness (QED) is 0.413. The molecule has 0 aliphatic carbocycles. The summed E-state index contributed by atoms with van der Waals surface area (Å²) < 4.78 is 0. The highest BCUT2D eigenvalue weighted by atomic mass is 16.2. The van der Waals surface area contributed by atoms with Crippen LogP contribution in [0.3, 0.4) is 0 Å². The second kappa shape index (κ2) is 5.08. The van der Waals surface area contributed by atoms with Crippen LogP contribution in [0, 0.1) is 5.41 Å². The van der Waals surface area contributed by atoms with Gasteiger partial charge in [-0.05, 0) is 0 Å². The lowest BCUT2D eigenvalue weighted by atomic mass is 9.79. The van der Waals surface area contributed by atoms with E-state index in [4.69, 9.17) is 17.2 Å². The Morgan fingerprint density at radius 1 is 0.867 bits per heavy atom. The molecule has 0 radical (unpaired) electrons. The lowest BCUT2D eigenvalue weighted by Crippen LogP contribution is -2.37. The predicted octanol–water partition coefficient (Wildman–Crippen LogP) is -2.20. The van der Waals surface area contributed by atoms with Gasteiger partial charge in [-0.2, -0.15) is 0 Å². The molecule has 3 amide bonds. The van der Waals surface area contributed by atoms with E-state index in [1.807, 2.05) is 0 Å². The number of carbonyl (C=O) groups excluding carboxylic acids is 4. The van der Waals surface area contributed by atoms with E-state index in [2.05, 4.69) is 0 Å². The molecule has 0 aromatic rings. The Kier molecular flexibility index (Phi) is 4.43. The molecule has 84 valence electrons. The number of hydrogen-bond acceptors (Lipinski definition) is 4. The standard InChI is InChI=1S/C8H13N3O4/c9-5(13)1-8(4-12,2-6(10)14)3-7(11)15/h4H,1-3H2,(H2,9,13)(H2,10,14)(H2,11,15). The maximum Gasteiger partial charge on any atom is 0.218 e. The first-order valence-corrected chi connectivity index (χ1v) is 4.12. The van der Waals surface area contributed by atoms with Crippen molar-refractivity contribution in [3.8, 4) is 0 Å². The van der Waals surface area contributed by atoms with Crippen molar-refractivity contribution in [2.45, 2.75) is 19.3 Å². The first-order chi connectivity index (χ1) is 6.81. The fourth-order valence-corrected chi connectivity index (χ4v) is 1.35. The largest absolute Gasteiger partial charge is 0.370 e. The van der Waals surface area contributed by atoms with Gasteiger partial charge < -0.3 is 22.0 Å². The van der Waals surface area contributed by atoms with Gasteiger partial charge >= 0.3 is 0 Å². The van der Waals surface area contributed by atoms with Crippen molar-refractivity contribution in [3.05, 3.63) is 0 Å². The molecule has 0 saturated carbocycles. The van der Waals surface area contributed by atoms with Crippen LogP contribution in [0.5, 0.6) is 0 Å². The van der Waals surface area contributed by atoms with E-state index in [1.54, 1.807) is 0 Å². The Hall–Kier alpha value is -1.92. The summed E-state index contributed by atoms with van der Waals surface area (Å²) in [6, 6.07) is 0. The average molecular weight is 215 g/mol. The maximum atomic E-state index is 10.8. The molecular weight excluding hydrogens is 202 g/mol. The molecule has 6 N–H and O–H groups in total. The molecule has 7 heteroatoms. The van der Waals surface area contributed by atoms with Crippen LogP contribution in [-0.4, -0.2) is 24.0 Å². The van der Waals surface area contributed by atoms with Crippen LogP contribution < -0.4 is 17.2 Å². The highest BCUT2D eigenvalue weighted by Gasteiger charge is 2.35. The number of nitrogens with two attached hydrogens (primary N) is 3. The summed E-state index contributed by atoms with van der Waals surface area (Å²) in [5.41, 5.74) is 13.2. The summed E-state index contributed by atoms with van der Waals surface area (Å²) in [6.45, 7) is 0. The minimum atomic E-state index is -1.50. The van der Waals surface area contributed by atoms with Gasteiger partial charge in [0.2, 0.25) is 17.7 Å². The topological polar surface area (TPSA) is 146 Å². The van der Waals surface area contributed by atoms with Gasteiger partial charge in [-0.15, -0.1) is 0 Å². The molecule has 0 heterocycles. The molecule has 15 heavy (non-hydrogen) atoms. The molecule has 0 unspecified atom stereocenters. The zero-order valence-electron chi connectivity index (χ0n) is 8.06. The van der Waals surface area contributed by atoms with Gasteiger partial charge in [-0.3, -0.25) is 14.4 Å². The van der Waals surface area contributed by atoms with E-state index in [1.165, 1.54) is 0 Å². The van der Waals surface area contributed by atoms with E-state index in [-0.39, 0.29) is 0 Å². The van der Waals surface area contributed by atoms with Crippen molar-refractivity contribution in [3.63, 3.8) is 0 Å². The molecule has 0 spiro atoms. The molecule has 0 aromatic carbocycles. The van der Waals surface area contributed by atoms with Crippen molar-refractivity contribution in [1.82, 2.24) is 0 Å². The SMILES string of the molecule is NC(=O)CC(C=O)(CC(N)=O)CC(N)=O. The van der Waals surface area contributed by atoms with Crippen molar-refractivity contribution in [1.29, 1.82) is 0 Å². The number of primary amides is 3. The van der Waals surface area contributed by atoms with Crippen molar-refractivity contribution in [2.24, 2.45) is 22.6 Å². The Morgan fingerprint density at radius 2 is 1.13 bits per heavy atom. The summed E-state index contributed by atoms with van der Waals surface area (Å²) >= 11 is 0. The van der Waals surface area contributed by atoms with E-state index in [0.717, 1.165) is 0 Å². The molecule has 0 aliphatic heterocycles. The van der Waals surface area contributed by atoms with Crippen molar-refractivity contribution in [2.75, 3.05) is 0 Å². The van der Waals surface area contributed by atoms with Crippen LogP contribution in [-0.2, 0) is 19.2 Å². The summed E-state index contributed by atoms with van der Waals surface area (Å²) in [7, 11) is 0. The van der Waals surface area contributed by atoms with E-state index in [0.29, 0.717) is 6.29 Å². The Bertz CT molecular complexity index is 259. The molecule has 0 rings (SSSR count). The van der Waals surface area contributed by atoms with Crippen LogP contribution in [0.4, 0.5) is 0 Å². The van der Waals surface area contributed by atoms with Gasteiger partial charge in [0.15, 0.2) is 0 Å². The van der Waals surface area contributed by atoms with Crippen LogP contribution in [0.2, 0.25) is 0 Å². The van der Waals surface area contributed by atoms with Gasteiger partial charge in [0.25, 0.3) is 0 Å². The molecule has 0 aromatic heterocycles. The third-order valence-corrected chi connectivity index (χ3v) is 1.83. The second-order valence-corrected chi connectivity index (χ2v) is 3.41. The zero-order chi connectivity index (χ0) is 12.1. The summed E-state index contributed by atoms with van der Waals surface area (Å²) in [5, 5.41) is 0. The summed E-state index contributed by atoms with van der Waals surface area (Å²) in [6.07, 6.45) is -0.958. The van der Waals surface area contributed by atoms with E-state index >= 15 is 0 Å². The highest BCUT2D eigenvalue weighted by Crippen LogP contribution is 2.27. The first kappa shape index (κ1) is 13.1. The fourth-order valence-electron chi connectivity index (χ4n) is 1.35. The average Bonchev–Trinajstić information content (AvgIpc) is 1.99. The Balaban J connectivity index is 4.90. The molecule has 7 nitrogen and oxygen atoms in total. The number of hydrogen-bond donors (Lipinski definition) is 3. The monoisotopic (exact) mass is 215 g/mol.